The van der Waals surface area contributed by atoms with Crippen molar-refractivity contribution in [3.63, 3.8) is 0 Å². The molecule has 0 aliphatic carbocycles. The van der Waals surface area contributed by atoms with E-state index in [2.05, 4.69) is 0 Å². The molecule has 0 saturated heterocycles. The first kappa shape index (κ1) is 29.3. The van der Waals surface area contributed by atoms with Crippen LogP contribution in [0.2, 0.25) is 0 Å². The topological polar surface area (TPSA) is 184 Å². The van der Waals surface area contributed by atoms with E-state index in [1.54, 1.807) is 0 Å². The quantitative estimate of drug-likeness (QED) is 0.394. The predicted molar refractivity (Wildman–Crippen MR) is 0 cm³/mol. The largest absolute Gasteiger partial charge is 4.00 e. The molecule has 0 saturated carbocycles. The van der Waals surface area contributed by atoms with Crippen LogP contribution in [0.25, 0.3) is 0 Å². The van der Waals surface area contributed by atoms with Gasteiger partial charge in [-0.05, 0) is 0 Å². The molecule has 0 atom stereocenters. The second-order valence-corrected chi connectivity index (χ2v) is 0.756. The molecule has 0 amide bonds. The van der Waals surface area contributed by atoms with Gasteiger partial charge >= 0.3 is 21.7 Å². The van der Waals surface area contributed by atoms with E-state index in [9.17, 15) is 0 Å². The summed E-state index contributed by atoms with van der Waals surface area (Å²) in [6.45, 7) is 0. The first-order valence-corrected chi connectivity index (χ1v) is 3.70. The predicted octanol–water partition coefficient (Wildman–Crippen LogP) is -9.51. The van der Waals surface area contributed by atoms with Gasteiger partial charge in [-0.25, -0.2) is 0 Å². The Morgan fingerprint density at radius 3 is 0.385 bits per heavy atom. The zero-order valence-electron chi connectivity index (χ0n) is 5.28. The van der Waals surface area contributed by atoms with Crippen LogP contribution in [-0.2, 0) is 21.7 Å². The summed E-state index contributed by atoms with van der Waals surface area (Å²) in [4.78, 5) is 0. The first-order valence-electron chi connectivity index (χ1n) is 1.23. The zero-order chi connectivity index (χ0) is 10.8. The van der Waals surface area contributed by atoms with Crippen molar-refractivity contribution in [3.8, 4) is 0 Å². The van der Waals surface area contributed by atoms with Crippen LogP contribution >= 0.6 is 0 Å². The average molecular weight is 318 g/mol. The molecule has 0 aromatic rings. The van der Waals surface area contributed by atoms with E-state index < -0.39 is 45.3 Å². The van der Waals surface area contributed by atoms with Gasteiger partial charge in [0.05, 0.1) is 45.3 Å². The molecule has 0 unspecified atom stereocenters. The number of hydrogen-bond donors (Lipinski definition) is 0. The maximum absolute atomic E-state index is 8.24. The second-order valence-electron chi connectivity index (χ2n) is 0.252. The Labute approximate surface area is 104 Å². The molecule has 0 spiro atoms. The molecule has 0 aromatic carbocycles. The van der Waals surface area contributed by atoms with Gasteiger partial charge < -0.3 is 37.3 Å². The normalized spacial score (nSPS) is 5.54. The minimum atomic E-state index is -0.417. The van der Waals surface area contributed by atoms with Crippen molar-refractivity contribution in [1.82, 2.24) is 0 Å². The molecule has 0 bridgehead atoms. The van der Waals surface area contributed by atoms with E-state index in [1.165, 1.54) is 0 Å². The van der Waals surface area contributed by atoms with Gasteiger partial charge in [0, 0.05) is 0 Å². The average Bonchev–Trinajstić information content (AvgIpc) is 1.92. The molecule has 13 heteroatoms. The van der Waals surface area contributed by atoms with Crippen LogP contribution < -0.4 is 37.3 Å². The minimum absolute atomic E-state index is 0. The Morgan fingerprint density at radius 2 is 0.385 bits per heavy atom. The van der Waals surface area contributed by atoms with Crippen molar-refractivity contribution < 1.29 is 104 Å². The van der Waals surface area contributed by atoms with Crippen LogP contribution in [0.4, 0.5) is 0 Å². The summed E-state index contributed by atoms with van der Waals surface area (Å²) >= 11 is -1.67. The zero-order valence-corrected chi connectivity index (χ0v) is 9.86. The van der Waals surface area contributed by atoms with Gasteiger partial charge in [-0.15, -0.1) is 0 Å². The maximum Gasteiger partial charge on any atom is 4.00 e. The summed E-state index contributed by atoms with van der Waals surface area (Å²) in [5.74, 6) is 0. The fourth-order valence-electron chi connectivity index (χ4n) is 0. The maximum atomic E-state index is 8.24. The molecule has 0 radical (unpaired) electrons. The smallest absolute Gasteiger partial charge is 0.544 e. The van der Waals surface area contributed by atoms with Gasteiger partial charge in [-0.1, -0.05) is 0 Å². The first-order chi connectivity index (χ1) is 5.66. The van der Waals surface area contributed by atoms with Gasteiger partial charge in [-0.3, -0.25) is 0 Å². The summed E-state index contributed by atoms with van der Waals surface area (Å²) < 4.78 is 65.9. The van der Waals surface area contributed by atoms with Gasteiger partial charge in [0.25, 0.3) is 0 Å². The van der Waals surface area contributed by atoms with Crippen LogP contribution in [0.15, 0.2) is 0 Å². The van der Waals surface area contributed by atoms with E-state index >= 15 is 0 Å². The molecule has 13 heavy (non-hydrogen) atoms. The molecular formula is Cl4O8Ti. The Kier molecular flexibility index (Phi) is 156. The van der Waals surface area contributed by atoms with E-state index in [0.717, 1.165) is 0 Å². The van der Waals surface area contributed by atoms with Crippen molar-refractivity contribution >= 4 is 0 Å². The second kappa shape index (κ2) is 69.2. The summed E-state index contributed by atoms with van der Waals surface area (Å²) in [6, 6.07) is 0. The van der Waals surface area contributed by atoms with Crippen molar-refractivity contribution in [2.45, 2.75) is 0 Å². The Balaban J connectivity index is -0.0000000213. The Hall–Kier alpha value is 1.55. The van der Waals surface area contributed by atoms with Crippen molar-refractivity contribution in [2.75, 3.05) is 0 Å². The standard InChI is InChI=1S/4ClO2.Ti/c4*2-1-3;/q4*-1;+4. The molecule has 0 aliphatic heterocycles. The Morgan fingerprint density at radius 1 is 0.385 bits per heavy atom. The van der Waals surface area contributed by atoms with E-state index in [1.807, 2.05) is 0 Å². The number of rotatable bonds is 0. The number of hydrogen-bond acceptors (Lipinski definition) is 8. The summed E-state index contributed by atoms with van der Waals surface area (Å²) in [5, 5.41) is 0. The molecule has 0 rings (SSSR count). The third kappa shape index (κ3) is 749. The molecule has 0 N–H and O–H groups in total. The monoisotopic (exact) mass is 316 g/mol. The van der Waals surface area contributed by atoms with Crippen LogP contribution in [0.1, 0.15) is 0 Å². The van der Waals surface area contributed by atoms with Gasteiger partial charge in [0.2, 0.25) is 0 Å². The molecule has 0 fully saturated rings. The van der Waals surface area contributed by atoms with Gasteiger partial charge in [-0.2, -0.15) is 0 Å². The van der Waals surface area contributed by atoms with Crippen molar-refractivity contribution in [2.24, 2.45) is 0 Å². The van der Waals surface area contributed by atoms with E-state index in [-0.39, 0.29) is 21.7 Å². The number of halogens is 4. The van der Waals surface area contributed by atoms with E-state index in [0.29, 0.717) is 0 Å². The summed E-state index contributed by atoms with van der Waals surface area (Å²) in [6.07, 6.45) is 0. The fraction of sp³-hybridized carbons (Fsp3) is 0. The third-order valence-electron chi connectivity index (χ3n) is 0. The summed E-state index contributed by atoms with van der Waals surface area (Å²) in [7, 11) is 0. The fourth-order valence-corrected chi connectivity index (χ4v) is 0. The van der Waals surface area contributed by atoms with Crippen molar-refractivity contribution in [1.29, 1.82) is 0 Å². The molecule has 8 nitrogen and oxygen atoms in total. The van der Waals surface area contributed by atoms with Crippen LogP contribution in [0.3, 0.4) is 0 Å². The molecule has 0 heterocycles. The van der Waals surface area contributed by atoms with Crippen LogP contribution in [-0.4, -0.2) is 0 Å². The molecular weight excluding hydrogens is 318 g/mol. The summed E-state index contributed by atoms with van der Waals surface area (Å²) in [5.41, 5.74) is 0. The van der Waals surface area contributed by atoms with Gasteiger partial charge in [0.1, 0.15) is 0 Å². The van der Waals surface area contributed by atoms with Crippen LogP contribution in [0.5, 0.6) is 0 Å². The van der Waals surface area contributed by atoms with Crippen LogP contribution in [0, 0.1) is 45.3 Å². The third-order valence-corrected chi connectivity index (χ3v) is 0. The Bertz CT molecular complexity index is 24.1. The minimum Gasteiger partial charge on any atom is -0.544 e. The molecule has 0 aromatic heterocycles. The van der Waals surface area contributed by atoms with Gasteiger partial charge in [0.15, 0.2) is 0 Å². The van der Waals surface area contributed by atoms with E-state index in [4.69, 9.17) is 37.3 Å². The van der Waals surface area contributed by atoms with Crippen molar-refractivity contribution in [3.05, 3.63) is 0 Å². The molecule has 80 valence electrons. The SMILES string of the molecule is [O-][Cl+][O-].[O-][Cl+][O-].[O-][Cl+][O-].[O-][Cl+][O-].[Ti+4]. The molecule has 0 aliphatic rings.